The molecule has 1 N–H and O–H groups in total. The van der Waals surface area contributed by atoms with Gasteiger partial charge < -0.3 is 14.8 Å². The van der Waals surface area contributed by atoms with Crippen LogP contribution in [0.4, 0.5) is 18.9 Å². The monoisotopic (exact) mass is 381 g/mol. The summed E-state index contributed by atoms with van der Waals surface area (Å²) in [6.07, 6.45) is -4.66. The minimum absolute atomic E-state index is 0.118. The molecule has 2 rings (SSSR count). The molecule has 0 aromatic heterocycles. The Bertz CT molecular complexity index is 763. The second kappa shape index (κ2) is 9.72. The van der Waals surface area contributed by atoms with Crippen LogP contribution in [-0.2, 0) is 20.9 Å². The van der Waals surface area contributed by atoms with Crippen molar-refractivity contribution in [2.24, 2.45) is 0 Å². The molecule has 2 aromatic carbocycles. The number of carbonyl (C=O) groups is 2. The topological polar surface area (TPSA) is 64.6 Å². The lowest BCUT2D eigenvalue weighted by atomic mass is 10.2. The van der Waals surface area contributed by atoms with Gasteiger partial charge in [0.05, 0.1) is 18.6 Å². The van der Waals surface area contributed by atoms with E-state index in [9.17, 15) is 22.8 Å². The van der Waals surface area contributed by atoms with Gasteiger partial charge in [0.15, 0.2) is 0 Å². The van der Waals surface area contributed by atoms with Crippen LogP contribution in [0.25, 0.3) is 0 Å². The third kappa shape index (κ3) is 7.91. The number of anilines is 1. The highest BCUT2D eigenvalue weighted by Crippen LogP contribution is 2.15. The molecule has 2 aromatic rings. The lowest BCUT2D eigenvalue weighted by Gasteiger charge is -2.09. The fraction of sp³-hybridized carbons (Fsp3) is 0.263. The first kappa shape index (κ1) is 20.4. The molecule has 27 heavy (non-hydrogen) atoms. The van der Waals surface area contributed by atoms with Crippen LogP contribution in [0.2, 0.25) is 0 Å². The van der Waals surface area contributed by atoms with Crippen molar-refractivity contribution < 1.29 is 32.2 Å². The van der Waals surface area contributed by atoms with E-state index in [1.807, 2.05) is 30.3 Å². The third-order valence-electron chi connectivity index (χ3n) is 3.33. The van der Waals surface area contributed by atoms with Crippen molar-refractivity contribution >= 4 is 17.6 Å². The van der Waals surface area contributed by atoms with Gasteiger partial charge in [0, 0.05) is 5.69 Å². The molecule has 1 amide bonds. The molecule has 0 radical (unpaired) electrons. The number of nitrogens with one attached hydrogen (secondary N) is 1. The van der Waals surface area contributed by atoms with Crippen molar-refractivity contribution in [1.82, 2.24) is 0 Å². The summed E-state index contributed by atoms with van der Waals surface area (Å²) in [5, 5.41) is 2.50. The number of rotatable bonds is 8. The van der Waals surface area contributed by atoms with Crippen LogP contribution in [-0.4, -0.2) is 31.3 Å². The van der Waals surface area contributed by atoms with Crippen LogP contribution in [0.15, 0.2) is 54.6 Å². The Labute approximate surface area is 154 Å². The Morgan fingerprint density at radius 2 is 1.74 bits per heavy atom. The lowest BCUT2D eigenvalue weighted by molar-refractivity contribution is -0.174. The number of benzene rings is 2. The molecule has 8 heteroatoms. The standard InChI is InChI=1S/C19H18F3NO4/c20-19(21,22)13-26-10-9-17(24)23-16-8-4-7-15(11-16)18(25)27-12-14-5-2-1-3-6-14/h1-8,11H,9-10,12-13H2,(H,23,24). The molecule has 0 aliphatic carbocycles. The average Bonchev–Trinajstić information content (AvgIpc) is 2.63. The summed E-state index contributed by atoms with van der Waals surface area (Å²) in [5.41, 5.74) is 1.43. The zero-order valence-electron chi connectivity index (χ0n) is 14.3. The molecule has 0 fully saturated rings. The van der Waals surface area contributed by atoms with Crippen LogP contribution in [0, 0.1) is 0 Å². The summed E-state index contributed by atoms with van der Waals surface area (Å²) in [4.78, 5) is 23.8. The molecule has 0 atom stereocenters. The predicted octanol–water partition coefficient (Wildman–Crippen LogP) is 3.95. The molecular formula is C19H18F3NO4. The summed E-state index contributed by atoms with van der Waals surface area (Å²) in [6.45, 7) is -1.64. The van der Waals surface area contributed by atoms with Gasteiger partial charge in [-0.1, -0.05) is 36.4 Å². The largest absolute Gasteiger partial charge is 0.457 e. The quantitative estimate of drug-likeness (QED) is 0.556. The van der Waals surface area contributed by atoms with E-state index in [1.165, 1.54) is 12.1 Å². The van der Waals surface area contributed by atoms with E-state index >= 15 is 0 Å². The molecule has 0 saturated carbocycles. The molecule has 0 aliphatic rings. The molecular weight excluding hydrogens is 363 g/mol. The number of carbonyl (C=O) groups excluding carboxylic acids is 2. The van der Waals surface area contributed by atoms with Crippen molar-refractivity contribution in [3.63, 3.8) is 0 Å². The average molecular weight is 381 g/mol. The van der Waals surface area contributed by atoms with E-state index < -0.39 is 24.7 Å². The number of ether oxygens (including phenoxy) is 2. The van der Waals surface area contributed by atoms with E-state index in [-0.39, 0.29) is 25.2 Å². The van der Waals surface area contributed by atoms with Crippen LogP contribution < -0.4 is 5.32 Å². The summed E-state index contributed by atoms with van der Waals surface area (Å²) in [5.74, 6) is -1.07. The molecule has 5 nitrogen and oxygen atoms in total. The summed E-state index contributed by atoms with van der Waals surface area (Å²) in [7, 11) is 0. The van der Waals surface area contributed by atoms with Crippen LogP contribution in [0.1, 0.15) is 22.3 Å². The van der Waals surface area contributed by atoms with Gasteiger partial charge in [0.2, 0.25) is 5.91 Å². The van der Waals surface area contributed by atoms with Crippen molar-refractivity contribution in [2.45, 2.75) is 19.2 Å². The second-order valence-corrected chi connectivity index (χ2v) is 5.61. The number of hydrogen-bond acceptors (Lipinski definition) is 4. The van der Waals surface area contributed by atoms with Crippen molar-refractivity contribution in [1.29, 1.82) is 0 Å². The summed E-state index contributed by atoms with van der Waals surface area (Å²) >= 11 is 0. The minimum Gasteiger partial charge on any atom is -0.457 e. The summed E-state index contributed by atoms with van der Waals surface area (Å²) in [6, 6.07) is 15.3. The number of alkyl halides is 3. The van der Waals surface area contributed by atoms with E-state index in [0.29, 0.717) is 5.69 Å². The van der Waals surface area contributed by atoms with Gasteiger partial charge in [0.25, 0.3) is 0 Å². The zero-order valence-corrected chi connectivity index (χ0v) is 14.3. The van der Waals surface area contributed by atoms with Crippen molar-refractivity contribution in [3.8, 4) is 0 Å². The van der Waals surface area contributed by atoms with Crippen LogP contribution >= 0.6 is 0 Å². The molecule has 0 spiro atoms. The third-order valence-corrected chi connectivity index (χ3v) is 3.33. The van der Waals surface area contributed by atoms with Gasteiger partial charge in [-0.05, 0) is 23.8 Å². The maximum Gasteiger partial charge on any atom is 0.411 e. The van der Waals surface area contributed by atoms with Crippen LogP contribution in [0.5, 0.6) is 0 Å². The fourth-order valence-corrected chi connectivity index (χ4v) is 2.11. The zero-order chi connectivity index (χ0) is 19.7. The highest BCUT2D eigenvalue weighted by molar-refractivity contribution is 5.94. The van der Waals surface area contributed by atoms with Gasteiger partial charge in [-0.3, -0.25) is 4.79 Å². The Balaban J connectivity index is 1.81. The molecule has 144 valence electrons. The number of hydrogen-bond donors (Lipinski definition) is 1. The molecule has 0 bridgehead atoms. The number of amides is 1. The van der Waals surface area contributed by atoms with Crippen molar-refractivity contribution in [2.75, 3.05) is 18.5 Å². The van der Waals surface area contributed by atoms with E-state index in [1.54, 1.807) is 12.1 Å². The maximum atomic E-state index is 12.1. The predicted molar refractivity (Wildman–Crippen MR) is 92.1 cm³/mol. The SMILES string of the molecule is O=C(CCOCC(F)(F)F)Nc1cccc(C(=O)OCc2ccccc2)c1. The fourth-order valence-electron chi connectivity index (χ4n) is 2.11. The number of esters is 1. The first-order chi connectivity index (χ1) is 12.8. The van der Waals surface area contributed by atoms with Gasteiger partial charge in [-0.25, -0.2) is 4.79 Å². The van der Waals surface area contributed by atoms with Crippen LogP contribution in [0.3, 0.4) is 0 Å². The normalized spacial score (nSPS) is 11.1. The van der Waals surface area contributed by atoms with Crippen molar-refractivity contribution in [3.05, 3.63) is 65.7 Å². The number of halogens is 3. The first-order valence-corrected chi connectivity index (χ1v) is 8.09. The van der Waals surface area contributed by atoms with Gasteiger partial charge in [-0.2, -0.15) is 13.2 Å². The molecule has 0 aliphatic heterocycles. The highest BCUT2D eigenvalue weighted by Gasteiger charge is 2.27. The van der Waals surface area contributed by atoms with E-state index in [2.05, 4.69) is 10.1 Å². The maximum absolute atomic E-state index is 12.1. The van der Waals surface area contributed by atoms with Gasteiger partial charge in [0.1, 0.15) is 13.2 Å². The molecule has 0 saturated heterocycles. The Hall–Kier alpha value is -2.87. The Morgan fingerprint density at radius 1 is 1.00 bits per heavy atom. The smallest absolute Gasteiger partial charge is 0.411 e. The highest BCUT2D eigenvalue weighted by atomic mass is 19.4. The summed E-state index contributed by atoms with van der Waals surface area (Å²) < 4.78 is 45.4. The Morgan fingerprint density at radius 3 is 2.44 bits per heavy atom. The first-order valence-electron chi connectivity index (χ1n) is 8.09. The Kier molecular flexibility index (Phi) is 7.36. The van der Waals surface area contributed by atoms with Gasteiger partial charge in [-0.15, -0.1) is 0 Å². The van der Waals surface area contributed by atoms with E-state index in [0.717, 1.165) is 5.56 Å². The second-order valence-electron chi connectivity index (χ2n) is 5.61. The van der Waals surface area contributed by atoms with Gasteiger partial charge >= 0.3 is 12.1 Å². The lowest BCUT2D eigenvalue weighted by Crippen LogP contribution is -2.20. The molecule has 0 heterocycles. The minimum atomic E-state index is -4.43. The molecule has 0 unspecified atom stereocenters. The van der Waals surface area contributed by atoms with E-state index in [4.69, 9.17) is 4.74 Å².